The number of hydrogen-bond donors (Lipinski definition) is 2. The van der Waals surface area contributed by atoms with Crippen molar-refractivity contribution < 1.29 is 9.72 Å². The van der Waals surface area contributed by atoms with E-state index in [1.165, 1.54) is 6.20 Å². The summed E-state index contributed by atoms with van der Waals surface area (Å²) in [7, 11) is 0. The number of carbonyl (C=O) groups excluding carboxylic acids is 1. The van der Waals surface area contributed by atoms with Crippen LogP contribution in [0.15, 0.2) is 12.3 Å². The highest BCUT2D eigenvalue weighted by molar-refractivity contribution is 5.77. The van der Waals surface area contributed by atoms with Crippen molar-refractivity contribution in [1.82, 2.24) is 15.5 Å². The first kappa shape index (κ1) is 9.63. The van der Waals surface area contributed by atoms with Crippen LogP contribution in [0, 0.1) is 10.1 Å². The Balaban J connectivity index is 2.24. The van der Waals surface area contributed by atoms with Crippen LogP contribution in [0.3, 0.4) is 0 Å². The number of nitrogens with zero attached hydrogens (tertiary/aromatic N) is 2. The molecule has 0 unspecified atom stereocenters. The summed E-state index contributed by atoms with van der Waals surface area (Å²) >= 11 is 0. The van der Waals surface area contributed by atoms with E-state index >= 15 is 0 Å². The Bertz CT molecular complexity index is 375. The Hall–Kier alpha value is -1.92. The van der Waals surface area contributed by atoms with Crippen LogP contribution in [0.2, 0.25) is 0 Å². The van der Waals surface area contributed by atoms with Crippen LogP contribution < -0.4 is 5.32 Å². The topological polar surface area (TPSA) is 101 Å². The zero-order valence-corrected chi connectivity index (χ0v) is 7.84. The van der Waals surface area contributed by atoms with Crippen LogP contribution in [-0.4, -0.2) is 27.1 Å². The van der Waals surface area contributed by atoms with Crippen molar-refractivity contribution in [3.63, 3.8) is 0 Å². The Labute approximate surface area is 85.0 Å². The summed E-state index contributed by atoms with van der Waals surface area (Å²) in [6.45, 7) is 0. The maximum Gasteiger partial charge on any atom is 0.239 e. The van der Waals surface area contributed by atoms with Gasteiger partial charge in [-0.25, -0.2) is 0 Å². The van der Waals surface area contributed by atoms with E-state index < -0.39 is 12.1 Å². The van der Waals surface area contributed by atoms with Crippen LogP contribution >= 0.6 is 0 Å². The van der Waals surface area contributed by atoms with Gasteiger partial charge in [-0.15, -0.1) is 0 Å². The number of aromatic amines is 1. The number of H-pyrrole nitrogens is 1. The second kappa shape index (κ2) is 3.68. The van der Waals surface area contributed by atoms with E-state index in [9.17, 15) is 14.9 Å². The van der Waals surface area contributed by atoms with E-state index in [4.69, 9.17) is 0 Å². The number of hydrogen-bond acceptors (Lipinski definition) is 4. The molecule has 80 valence electrons. The minimum Gasteiger partial charge on any atom is -0.341 e. The van der Waals surface area contributed by atoms with Crippen molar-refractivity contribution in [3.05, 3.63) is 28.1 Å². The summed E-state index contributed by atoms with van der Waals surface area (Å²) in [5.41, 5.74) is 0.574. The third kappa shape index (κ3) is 1.80. The van der Waals surface area contributed by atoms with Crippen molar-refractivity contribution in [2.24, 2.45) is 0 Å². The maximum atomic E-state index is 11.2. The number of rotatable bonds is 2. The number of nitro groups is 1. The molecule has 1 fully saturated rings. The van der Waals surface area contributed by atoms with Gasteiger partial charge in [0.2, 0.25) is 11.9 Å². The minimum absolute atomic E-state index is 0.160. The van der Waals surface area contributed by atoms with Crippen LogP contribution in [0.4, 0.5) is 0 Å². The zero-order valence-electron chi connectivity index (χ0n) is 7.84. The largest absolute Gasteiger partial charge is 0.341 e. The van der Waals surface area contributed by atoms with Crippen molar-refractivity contribution in [1.29, 1.82) is 0 Å². The molecule has 1 aromatic rings. The first-order valence-corrected chi connectivity index (χ1v) is 4.60. The maximum absolute atomic E-state index is 11.2. The molecule has 1 aliphatic rings. The predicted molar refractivity (Wildman–Crippen MR) is 49.5 cm³/mol. The SMILES string of the molecule is O=C1CC[C@@H]([N+](=O)[O-])[C@H](c2ccn[nH]2)N1. The molecule has 0 radical (unpaired) electrons. The lowest BCUT2D eigenvalue weighted by Crippen LogP contribution is -2.45. The first-order chi connectivity index (χ1) is 7.18. The third-order valence-electron chi connectivity index (χ3n) is 2.50. The molecule has 2 heterocycles. The third-order valence-corrected chi connectivity index (χ3v) is 2.50. The fraction of sp³-hybridized carbons (Fsp3) is 0.500. The second-order valence-corrected chi connectivity index (χ2v) is 3.45. The standard InChI is InChI=1S/C8H10N4O3/c13-7-2-1-6(12(14)15)8(10-7)5-3-4-9-11-5/h3-4,6,8H,1-2H2,(H,9,11)(H,10,13)/t6-,8+/m1/s1. The van der Waals surface area contributed by atoms with E-state index in [1.54, 1.807) is 6.07 Å². The molecular formula is C8H10N4O3. The molecule has 2 rings (SSSR count). The Morgan fingerprint density at radius 3 is 3.00 bits per heavy atom. The zero-order chi connectivity index (χ0) is 10.8. The molecular weight excluding hydrogens is 200 g/mol. The lowest BCUT2D eigenvalue weighted by Gasteiger charge is -2.25. The van der Waals surface area contributed by atoms with Gasteiger partial charge in [-0.05, 0) is 6.07 Å². The monoisotopic (exact) mass is 210 g/mol. The molecule has 15 heavy (non-hydrogen) atoms. The molecule has 0 spiro atoms. The average Bonchev–Trinajstić information content (AvgIpc) is 2.69. The van der Waals surface area contributed by atoms with Gasteiger partial charge in [0, 0.05) is 24.0 Å². The molecule has 2 atom stereocenters. The molecule has 0 aliphatic carbocycles. The molecule has 1 amide bonds. The highest BCUT2D eigenvalue weighted by Crippen LogP contribution is 2.24. The summed E-state index contributed by atoms with van der Waals surface area (Å²) in [5.74, 6) is -0.160. The lowest BCUT2D eigenvalue weighted by molar-refractivity contribution is -0.529. The van der Waals surface area contributed by atoms with Crippen molar-refractivity contribution in [2.45, 2.75) is 24.9 Å². The molecule has 0 aromatic carbocycles. The van der Waals surface area contributed by atoms with Gasteiger partial charge >= 0.3 is 0 Å². The number of aromatic nitrogens is 2. The quantitative estimate of drug-likeness (QED) is 0.530. The van der Waals surface area contributed by atoms with Gasteiger partial charge in [-0.3, -0.25) is 20.0 Å². The summed E-state index contributed by atoms with van der Waals surface area (Å²) in [5, 5.41) is 19.7. The van der Waals surface area contributed by atoms with E-state index in [-0.39, 0.29) is 23.7 Å². The number of nitrogens with one attached hydrogen (secondary N) is 2. The Morgan fingerprint density at radius 2 is 2.40 bits per heavy atom. The van der Waals surface area contributed by atoms with Crippen LogP contribution in [0.5, 0.6) is 0 Å². The van der Waals surface area contributed by atoms with E-state index in [2.05, 4.69) is 15.5 Å². The highest BCUT2D eigenvalue weighted by atomic mass is 16.6. The van der Waals surface area contributed by atoms with Crippen LogP contribution in [0.1, 0.15) is 24.6 Å². The fourth-order valence-corrected chi connectivity index (χ4v) is 1.74. The van der Waals surface area contributed by atoms with E-state index in [0.717, 1.165) is 0 Å². The average molecular weight is 210 g/mol. The van der Waals surface area contributed by atoms with Crippen molar-refractivity contribution in [2.75, 3.05) is 0 Å². The predicted octanol–water partition coefficient (Wildman–Crippen LogP) is 0.00610. The van der Waals surface area contributed by atoms with Crippen molar-refractivity contribution in [3.8, 4) is 0 Å². The number of amides is 1. The van der Waals surface area contributed by atoms with Crippen LogP contribution in [-0.2, 0) is 4.79 Å². The van der Waals surface area contributed by atoms with Gasteiger partial charge in [0.1, 0.15) is 6.04 Å². The molecule has 0 saturated carbocycles. The fourth-order valence-electron chi connectivity index (χ4n) is 1.74. The van der Waals surface area contributed by atoms with Crippen molar-refractivity contribution >= 4 is 5.91 Å². The van der Waals surface area contributed by atoms with E-state index in [1.807, 2.05) is 0 Å². The molecule has 0 bridgehead atoms. The molecule has 1 saturated heterocycles. The summed E-state index contributed by atoms with van der Waals surface area (Å²) in [4.78, 5) is 21.6. The molecule has 7 heteroatoms. The van der Waals surface area contributed by atoms with Gasteiger partial charge in [-0.1, -0.05) is 0 Å². The van der Waals surface area contributed by atoms with Gasteiger partial charge in [0.25, 0.3) is 0 Å². The number of piperidine rings is 1. The normalized spacial score (nSPS) is 26.0. The summed E-state index contributed by atoms with van der Waals surface area (Å²) < 4.78 is 0. The molecule has 1 aromatic heterocycles. The Morgan fingerprint density at radius 1 is 1.60 bits per heavy atom. The van der Waals surface area contributed by atoms with E-state index in [0.29, 0.717) is 5.69 Å². The second-order valence-electron chi connectivity index (χ2n) is 3.45. The first-order valence-electron chi connectivity index (χ1n) is 4.60. The smallest absolute Gasteiger partial charge is 0.239 e. The summed E-state index contributed by atoms with van der Waals surface area (Å²) in [6.07, 6.45) is 1.98. The van der Waals surface area contributed by atoms with Gasteiger partial charge in [-0.2, -0.15) is 5.10 Å². The van der Waals surface area contributed by atoms with Gasteiger partial charge < -0.3 is 5.32 Å². The van der Waals surface area contributed by atoms with Crippen LogP contribution in [0.25, 0.3) is 0 Å². The molecule has 7 nitrogen and oxygen atoms in total. The summed E-state index contributed by atoms with van der Waals surface area (Å²) in [6, 6.07) is 0.263. The highest BCUT2D eigenvalue weighted by Gasteiger charge is 2.38. The molecule has 2 N–H and O–H groups in total. The minimum atomic E-state index is -0.775. The number of carbonyl (C=O) groups is 1. The Kier molecular flexibility index (Phi) is 2.36. The van der Waals surface area contributed by atoms with Gasteiger partial charge in [0.15, 0.2) is 0 Å². The lowest BCUT2D eigenvalue weighted by atomic mass is 9.96. The van der Waals surface area contributed by atoms with Gasteiger partial charge in [0.05, 0.1) is 5.69 Å². The molecule has 1 aliphatic heterocycles.